The Balaban J connectivity index is 1.24. The van der Waals surface area contributed by atoms with Crippen molar-refractivity contribution in [2.75, 3.05) is 16.8 Å². The molecule has 5 rings (SSSR count). The number of amides is 2. The summed E-state index contributed by atoms with van der Waals surface area (Å²) in [6.45, 7) is 0.691. The molecule has 1 aliphatic heterocycles. The predicted octanol–water partition coefficient (Wildman–Crippen LogP) is 5.32. The highest BCUT2D eigenvalue weighted by Crippen LogP contribution is 2.34. The number of carbonyl (C=O) groups excluding carboxylic acids is 2. The largest absolute Gasteiger partial charge is 0.489 e. The van der Waals surface area contributed by atoms with Crippen LogP contribution in [0.1, 0.15) is 27.0 Å². The van der Waals surface area contributed by atoms with Crippen molar-refractivity contribution in [3.05, 3.63) is 119 Å². The molecular formula is C30H23N3O4. The first kappa shape index (κ1) is 23.6. The van der Waals surface area contributed by atoms with Crippen LogP contribution in [0.25, 0.3) is 0 Å². The van der Waals surface area contributed by atoms with Crippen LogP contribution in [-0.4, -0.2) is 18.4 Å². The summed E-state index contributed by atoms with van der Waals surface area (Å²) in [4.78, 5) is 27.1. The molecule has 7 heteroatoms. The zero-order valence-electron chi connectivity index (χ0n) is 19.9. The van der Waals surface area contributed by atoms with Gasteiger partial charge >= 0.3 is 0 Å². The molecule has 0 bridgehead atoms. The molecule has 1 aliphatic rings. The molecule has 2 amide bonds. The van der Waals surface area contributed by atoms with Gasteiger partial charge in [0, 0.05) is 11.3 Å². The topological polar surface area (TPSA) is 91.7 Å². The third kappa shape index (κ3) is 5.60. The number of anilines is 2. The van der Waals surface area contributed by atoms with Crippen LogP contribution in [0, 0.1) is 11.3 Å². The van der Waals surface area contributed by atoms with Gasteiger partial charge in [-0.25, -0.2) is 0 Å². The average Bonchev–Trinajstić information content (AvgIpc) is 2.95. The molecule has 1 N–H and O–H groups in total. The minimum Gasteiger partial charge on any atom is -0.489 e. The number of carbonyl (C=O) groups is 2. The fourth-order valence-corrected chi connectivity index (χ4v) is 3.96. The average molecular weight is 490 g/mol. The molecule has 4 aromatic carbocycles. The van der Waals surface area contributed by atoms with Crippen molar-refractivity contribution in [3.8, 4) is 17.6 Å². The first-order valence-electron chi connectivity index (χ1n) is 11.7. The van der Waals surface area contributed by atoms with Crippen LogP contribution >= 0.6 is 0 Å². The van der Waals surface area contributed by atoms with E-state index < -0.39 is 0 Å². The standard InChI is InChI=1S/C30H23N3O4/c31-17-21-6-8-22(9-7-21)18-33-27-15-10-24(16-28(27)37-20-29(33)34)30(35)32-25-11-13-26(14-12-25)36-19-23-4-2-1-3-5-23/h1-16H,18-20H2,(H,32,35). The Morgan fingerprint density at radius 2 is 1.70 bits per heavy atom. The first-order valence-corrected chi connectivity index (χ1v) is 11.7. The van der Waals surface area contributed by atoms with Gasteiger partial charge in [0.1, 0.15) is 18.1 Å². The summed E-state index contributed by atoms with van der Waals surface area (Å²) in [5.41, 5.74) is 4.16. The SMILES string of the molecule is N#Cc1ccc(CN2C(=O)COc3cc(C(=O)Nc4ccc(OCc5ccccc5)cc4)ccc32)cc1. The summed E-state index contributed by atoms with van der Waals surface area (Å²) in [5.74, 6) is 0.699. The molecule has 0 unspecified atom stereocenters. The minimum absolute atomic E-state index is 0.112. The van der Waals surface area contributed by atoms with Crippen LogP contribution in [0.3, 0.4) is 0 Å². The van der Waals surface area contributed by atoms with E-state index in [0.717, 1.165) is 11.1 Å². The molecule has 0 saturated heterocycles. The number of benzene rings is 4. The number of nitrogens with zero attached hydrogens (tertiary/aromatic N) is 2. The fourth-order valence-electron chi connectivity index (χ4n) is 3.96. The number of rotatable bonds is 7. The zero-order valence-corrected chi connectivity index (χ0v) is 19.9. The number of hydrogen-bond donors (Lipinski definition) is 1. The van der Waals surface area contributed by atoms with Gasteiger partial charge in [-0.05, 0) is 65.7 Å². The van der Waals surface area contributed by atoms with Crippen LogP contribution < -0.4 is 19.7 Å². The predicted molar refractivity (Wildman–Crippen MR) is 139 cm³/mol. The van der Waals surface area contributed by atoms with E-state index in [4.69, 9.17) is 14.7 Å². The third-order valence-electron chi connectivity index (χ3n) is 5.95. The second-order valence-corrected chi connectivity index (χ2v) is 8.51. The molecule has 182 valence electrons. The number of fused-ring (bicyclic) bond motifs is 1. The number of nitriles is 1. The molecule has 0 fully saturated rings. The molecule has 4 aromatic rings. The van der Waals surface area contributed by atoms with E-state index in [1.807, 2.05) is 42.5 Å². The lowest BCUT2D eigenvalue weighted by Gasteiger charge is -2.29. The lowest BCUT2D eigenvalue weighted by Crippen LogP contribution is -2.38. The Kier molecular flexibility index (Phi) is 6.82. The Hall–Kier alpha value is -5.09. The molecule has 0 aromatic heterocycles. The monoisotopic (exact) mass is 489 g/mol. The molecule has 1 heterocycles. The van der Waals surface area contributed by atoms with Crippen molar-refractivity contribution in [3.63, 3.8) is 0 Å². The van der Waals surface area contributed by atoms with E-state index in [9.17, 15) is 9.59 Å². The van der Waals surface area contributed by atoms with Gasteiger partial charge in [-0.3, -0.25) is 9.59 Å². The Labute approximate surface area is 214 Å². The Bertz CT molecular complexity index is 1460. The quantitative estimate of drug-likeness (QED) is 0.380. The van der Waals surface area contributed by atoms with Gasteiger partial charge in [0.25, 0.3) is 11.8 Å². The van der Waals surface area contributed by atoms with E-state index in [0.29, 0.717) is 47.2 Å². The summed E-state index contributed by atoms with van der Waals surface area (Å²) < 4.78 is 11.4. The van der Waals surface area contributed by atoms with Gasteiger partial charge < -0.3 is 19.7 Å². The van der Waals surface area contributed by atoms with Gasteiger partial charge in [0.15, 0.2) is 6.61 Å². The third-order valence-corrected chi connectivity index (χ3v) is 5.95. The normalized spacial score (nSPS) is 12.2. The van der Waals surface area contributed by atoms with Crippen LogP contribution in [0.2, 0.25) is 0 Å². The highest BCUT2D eigenvalue weighted by Gasteiger charge is 2.26. The van der Waals surface area contributed by atoms with Gasteiger partial charge in [0.2, 0.25) is 0 Å². The summed E-state index contributed by atoms with van der Waals surface area (Å²) in [6, 6.07) is 31.3. The first-order chi connectivity index (χ1) is 18.1. The van der Waals surface area contributed by atoms with Crippen LogP contribution in [0.5, 0.6) is 11.5 Å². The van der Waals surface area contributed by atoms with Crippen LogP contribution in [0.4, 0.5) is 11.4 Å². The molecule has 0 atom stereocenters. The maximum atomic E-state index is 12.9. The second-order valence-electron chi connectivity index (χ2n) is 8.51. The number of hydrogen-bond acceptors (Lipinski definition) is 5. The van der Waals surface area contributed by atoms with Crippen molar-refractivity contribution in [2.45, 2.75) is 13.2 Å². The lowest BCUT2D eigenvalue weighted by molar-refractivity contribution is -0.121. The van der Waals surface area contributed by atoms with E-state index >= 15 is 0 Å². The molecule has 0 saturated carbocycles. The molecule has 7 nitrogen and oxygen atoms in total. The lowest BCUT2D eigenvalue weighted by atomic mass is 10.1. The van der Waals surface area contributed by atoms with Crippen molar-refractivity contribution in [1.29, 1.82) is 5.26 Å². The molecule has 0 spiro atoms. The minimum atomic E-state index is -0.292. The molecule has 0 aliphatic carbocycles. The second kappa shape index (κ2) is 10.7. The van der Waals surface area contributed by atoms with Crippen molar-refractivity contribution < 1.29 is 19.1 Å². The highest BCUT2D eigenvalue weighted by atomic mass is 16.5. The zero-order chi connectivity index (χ0) is 25.6. The smallest absolute Gasteiger partial charge is 0.265 e. The molecule has 37 heavy (non-hydrogen) atoms. The molecule has 0 radical (unpaired) electrons. The van der Waals surface area contributed by atoms with Crippen LogP contribution in [0.15, 0.2) is 97.1 Å². The van der Waals surface area contributed by atoms with E-state index in [1.54, 1.807) is 59.5 Å². The summed E-state index contributed by atoms with van der Waals surface area (Å²) in [7, 11) is 0. The maximum absolute atomic E-state index is 12.9. The number of nitrogens with one attached hydrogen (secondary N) is 1. The van der Waals surface area contributed by atoms with Crippen molar-refractivity contribution >= 4 is 23.2 Å². The van der Waals surface area contributed by atoms with Gasteiger partial charge in [0.05, 0.1) is 23.9 Å². The van der Waals surface area contributed by atoms with Gasteiger partial charge in [-0.15, -0.1) is 0 Å². The molecular weight excluding hydrogens is 466 g/mol. The maximum Gasteiger partial charge on any atom is 0.265 e. The summed E-state index contributed by atoms with van der Waals surface area (Å²) in [5, 5.41) is 11.9. The van der Waals surface area contributed by atoms with Crippen molar-refractivity contribution in [2.24, 2.45) is 0 Å². The number of ether oxygens (including phenoxy) is 2. The van der Waals surface area contributed by atoms with E-state index in [1.165, 1.54) is 0 Å². The fraction of sp³-hybridized carbons (Fsp3) is 0.100. The Morgan fingerprint density at radius 1 is 0.946 bits per heavy atom. The Morgan fingerprint density at radius 3 is 2.43 bits per heavy atom. The van der Waals surface area contributed by atoms with Crippen molar-refractivity contribution in [1.82, 2.24) is 0 Å². The highest BCUT2D eigenvalue weighted by molar-refractivity contribution is 6.06. The van der Waals surface area contributed by atoms with Crippen LogP contribution in [-0.2, 0) is 17.9 Å². The van der Waals surface area contributed by atoms with Gasteiger partial charge in [-0.2, -0.15) is 5.26 Å². The van der Waals surface area contributed by atoms with Gasteiger partial charge in [-0.1, -0.05) is 42.5 Å². The summed E-state index contributed by atoms with van der Waals surface area (Å²) in [6.07, 6.45) is 0. The summed E-state index contributed by atoms with van der Waals surface area (Å²) >= 11 is 0. The van der Waals surface area contributed by atoms with E-state index in [-0.39, 0.29) is 18.4 Å². The van der Waals surface area contributed by atoms with E-state index in [2.05, 4.69) is 11.4 Å².